The summed E-state index contributed by atoms with van der Waals surface area (Å²) in [5.74, 6) is -0.210. The molecular weight excluding hydrogens is 313 g/mol. The molecule has 0 aliphatic heterocycles. The summed E-state index contributed by atoms with van der Waals surface area (Å²) in [4.78, 5) is 1.74. The Balaban J connectivity index is 3.13. The fraction of sp³-hybridized carbons (Fsp3) is 0.200. The van der Waals surface area contributed by atoms with Crippen molar-refractivity contribution in [3.63, 3.8) is 0 Å². The predicted octanol–water partition coefficient (Wildman–Crippen LogP) is 3.98. The van der Waals surface area contributed by atoms with E-state index in [9.17, 15) is 4.39 Å². The third-order valence-electron chi connectivity index (χ3n) is 1.73. The van der Waals surface area contributed by atoms with Crippen LogP contribution in [0.1, 0.15) is 5.56 Å². The van der Waals surface area contributed by atoms with Gasteiger partial charge in [0, 0.05) is 14.1 Å². The SMILES string of the molecule is CN(C)c1cc(C=C(Br)Br)ccc1F. The maximum absolute atomic E-state index is 13.3. The van der Waals surface area contributed by atoms with Gasteiger partial charge >= 0.3 is 0 Å². The molecule has 0 heterocycles. The molecule has 0 saturated heterocycles. The molecule has 0 aliphatic carbocycles. The lowest BCUT2D eigenvalue weighted by atomic mass is 10.2. The summed E-state index contributed by atoms with van der Waals surface area (Å²) < 4.78 is 14.1. The summed E-state index contributed by atoms with van der Waals surface area (Å²) in [6, 6.07) is 4.98. The van der Waals surface area contributed by atoms with Gasteiger partial charge in [0.1, 0.15) is 5.82 Å². The summed E-state index contributed by atoms with van der Waals surface area (Å²) in [5.41, 5.74) is 1.53. The molecule has 14 heavy (non-hydrogen) atoms. The van der Waals surface area contributed by atoms with E-state index < -0.39 is 0 Å². The average Bonchev–Trinajstić information content (AvgIpc) is 2.07. The van der Waals surface area contributed by atoms with Crippen LogP contribution in [0, 0.1) is 5.82 Å². The van der Waals surface area contributed by atoms with E-state index in [0.717, 1.165) is 8.96 Å². The zero-order chi connectivity index (χ0) is 10.7. The monoisotopic (exact) mass is 321 g/mol. The predicted molar refractivity (Wildman–Crippen MR) is 66.6 cm³/mol. The fourth-order valence-corrected chi connectivity index (χ4v) is 1.62. The highest BCUT2D eigenvalue weighted by atomic mass is 79.9. The number of rotatable bonds is 2. The van der Waals surface area contributed by atoms with Crippen molar-refractivity contribution in [3.05, 3.63) is 33.0 Å². The zero-order valence-electron chi connectivity index (χ0n) is 7.89. The van der Waals surface area contributed by atoms with Gasteiger partial charge in [-0.05, 0) is 55.6 Å². The normalized spacial score (nSPS) is 9.79. The standard InChI is InChI=1S/C10H10Br2FN/c1-14(2)9-5-7(6-10(11)12)3-4-8(9)13/h3-6H,1-2H3. The van der Waals surface area contributed by atoms with Crippen molar-refractivity contribution < 1.29 is 4.39 Å². The van der Waals surface area contributed by atoms with Crippen LogP contribution in [-0.2, 0) is 0 Å². The molecule has 0 amide bonds. The third-order valence-corrected chi connectivity index (χ3v) is 2.19. The van der Waals surface area contributed by atoms with Crippen molar-refractivity contribution in [3.8, 4) is 0 Å². The van der Waals surface area contributed by atoms with Gasteiger partial charge in [0.15, 0.2) is 0 Å². The Labute approximate surface area is 99.9 Å². The van der Waals surface area contributed by atoms with Crippen molar-refractivity contribution in [2.24, 2.45) is 0 Å². The fourth-order valence-electron chi connectivity index (χ4n) is 1.09. The van der Waals surface area contributed by atoms with Crippen LogP contribution in [0.5, 0.6) is 0 Å². The van der Waals surface area contributed by atoms with Crippen molar-refractivity contribution >= 4 is 43.6 Å². The van der Waals surface area contributed by atoms with Crippen molar-refractivity contribution in [1.29, 1.82) is 0 Å². The molecule has 0 aromatic heterocycles. The van der Waals surface area contributed by atoms with E-state index >= 15 is 0 Å². The summed E-state index contributed by atoms with van der Waals surface area (Å²) >= 11 is 6.52. The summed E-state index contributed by atoms with van der Waals surface area (Å²) in [6.07, 6.45) is 1.87. The third kappa shape index (κ3) is 3.10. The first-order valence-electron chi connectivity index (χ1n) is 4.00. The molecule has 1 rings (SSSR count). The lowest BCUT2D eigenvalue weighted by Crippen LogP contribution is -2.10. The quantitative estimate of drug-likeness (QED) is 0.796. The number of nitrogens with zero attached hydrogens (tertiary/aromatic N) is 1. The molecule has 0 atom stereocenters. The number of benzene rings is 1. The van der Waals surface area contributed by atoms with Gasteiger partial charge in [0.2, 0.25) is 0 Å². The largest absolute Gasteiger partial charge is 0.375 e. The van der Waals surface area contributed by atoms with Gasteiger partial charge in [-0.15, -0.1) is 0 Å². The molecule has 1 aromatic rings. The molecule has 0 unspecified atom stereocenters. The number of hydrogen-bond acceptors (Lipinski definition) is 1. The Bertz CT molecular complexity index is 357. The average molecular weight is 323 g/mol. The molecule has 0 bridgehead atoms. The smallest absolute Gasteiger partial charge is 0.146 e. The molecule has 4 heteroatoms. The summed E-state index contributed by atoms with van der Waals surface area (Å²) in [6.45, 7) is 0. The van der Waals surface area contributed by atoms with E-state index in [1.165, 1.54) is 6.07 Å². The second-order valence-electron chi connectivity index (χ2n) is 3.04. The molecule has 0 saturated carbocycles. The maximum Gasteiger partial charge on any atom is 0.146 e. The first-order valence-corrected chi connectivity index (χ1v) is 5.59. The van der Waals surface area contributed by atoms with Crippen LogP contribution >= 0.6 is 31.9 Å². The number of anilines is 1. The minimum absolute atomic E-state index is 0.210. The van der Waals surface area contributed by atoms with Crippen LogP contribution < -0.4 is 4.90 Å². The van der Waals surface area contributed by atoms with E-state index in [2.05, 4.69) is 31.9 Å². The summed E-state index contributed by atoms with van der Waals surface area (Å²) in [5, 5.41) is 0. The highest BCUT2D eigenvalue weighted by Gasteiger charge is 2.04. The molecule has 0 N–H and O–H groups in total. The van der Waals surface area contributed by atoms with Gasteiger partial charge < -0.3 is 4.90 Å². The highest BCUT2D eigenvalue weighted by Crippen LogP contribution is 2.23. The highest BCUT2D eigenvalue weighted by molar-refractivity contribution is 9.28. The molecule has 1 nitrogen and oxygen atoms in total. The van der Waals surface area contributed by atoms with Gasteiger partial charge in [-0.1, -0.05) is 6.07 Å². The second-order valence-corrected chi connectivity index (χ2v) is 5.81. The maximum atomic E-state index is 13.3. The minimum atomic E-state index is -0.210. The molecule has 0 fully saturated rings. The molecule has 0 radical (unpaired) electrons. The Hall–Kier alpha value is -0.350. The minimum Gasteiger partial charge on any atom is -0.375 e. The molecule has 0 spiro atoms. The Morgan fingerprint density at radius 2 is 2.00 bits per heavy atom. The van der Waals surface area contributed by atoms with E-state index in [1.807, 2.05) is 20.2 Å². The van der Waals surface area contributed by atoms with Crippen LogP contribution in [0.2, 0.25) is 0 Å². The van der Waals surface area contributed by atoms with Crippen LogP contribution in [0.4, 0.5) is 10.1 Å². The van der Waals surface area contributed by atoms with Crippen LogP contribution in [0.25, 0.3) is 6.08 Å². The summed E-state index contributed by atoms with van der Waals surface area (Å²) in [7, 11) is 3.63. The van der Waals surface area contributed by atoms with Crippen LogP contribution in [0.3, 0.4) is 0 Å². The van der Waals surface area contributed by atoms with Crippen molar-refractivity contribution in [1.82, 2.24) is 0 Å². The molecular formula is C10H10Br2FN. The van der Waals surface area contributed by atoms with Gasteiger partial charge in [-0.3, -0.25) is 0 Å². The molecule has 0 aliphatic rings. The van der Waals surface area contributed by atoms with Gasteiger partial charge in [-0.25, -0.2) is 4.39 Å². The van der Waals surface area contributed by atoms with Gasteiger partial charge in [-0.2, -0.15) is 0 Å². The number of hydrogen-bond donors (Lipinski definition) is 0. The Kier molecular flexibility index (Phi) is 4.13. The second kappa shape index (κ2) is 4.94. The Morgan fingerprint density at radius 1 is 1.36 bits per heavy atom. The van der Waals surface area contributed by atoms with E-state index in [1.54, 1.807) is 17.0 Å². The molecule has 1 aromatic carbocycles. The van der Waals surface area contributed by atoms with Gasteiger partial charge in [0.25, 0.3) is 0 Å². The van der Waals surface area contributed by atoms with Crippen LogP contribution in [0.15, 0.2) is 21.6 Å². The first-order chi connectivity index (χ1) is 6.50. The van der Waals surface area contributed by atoms with E-state index in [-0.39, 0.29) is 5.82 Å². The van der Waals surface area contributed by atoms with E-state index in [4.69, 9.17) is 0 Å². The topological polar surface area (TPSA) is 3.24 Å². The first kappa shape index (κ1) is 11.7. The Morgan fingerprint density at radius 3 is 2.50 bits per heavy atom. The van der Waals surface area contributed by atoms with Gasteiger partial charge in [0.05, 0.1) is 9.08 Å². The van der Waals surface area contributed by atoms with Crippen molar-refractivity contribution in [2.45, 2.75) is 0 Å². The lowest BCUT2D eigenvalue weighted by Gasteiger charge is -2.13. The lowest BCUT2D eigenvalue weighted by molar-refractivity contribution is 0.626. The number of halogens is 3. The van der Waals surface area contributed by atoms with Crippen LogP contribution in [-0.4, -0.2) is 14.1 Å². The zero-order valence-corrected chi connectivity index (χ0v) is 11.1. The van der Waals surface area contributed by atoms with E-state index in [0.29, 0.717) is 5.69 Å². The van der Waals surface area contributed by atoms with Crippen molar-refractivity contribution in [2.75, 3.05) is 19.0 Å². The molecule has 76 valence electrons.